The zero-order valence-corrected chi connectivity index (χ0v) is 7.32. The highest BCUT2D eigenvalue weighted by Gasteiger charge is 2.20. The Bertz CT molecular complexity index is 158. The fourth-order valence-electron chi connectivity index (χ4n) is 0.920. The Labute approximate surface area is 72.2 Å². The highest BCUT2D eigenvalue weighted by Crippen LogP contribution is 2.10. The van der Waals surface area contributed by atoms with E-state index in [2.05, 4.69) is 12.1 Å². The van der Waals surface area contributed by atoms with Gasteiger partial charge in [0.2, 0.25) is 5.90 Å². The highest BCUT2D eigenvalue weighted by molar-refractivity contribution is 5.77. The molecule has 70 valence electrons. The second-order valence-corrected chi connectivity index (χ2v) is 2.80. The van der Waals surface area contributed by atoms with Crippen molar-refractivity contribution in [2.24, 2.45) is 5.16 Å². The summed E-state index contributed by atoms with van der Waals surface area (Å²) in [4.78, 5) is 4.86. The van der Waals surface area contributed by atoms with Crippen molar-refractivity contribution in [3.8, 4) is 0 Å². The van der Waals surface area contributed by atoms with E-state index < -0.39 is 0 Å². The highest BCUT2D eigenvalue weighted by atomic mass is 16.7. The van der Waals surface area contributed by atoms with Crippen LogP contribution >= 0.6 is 0 Å². The van der Waals surface area contributed by atoms with Crippen molar-refractivity contribution in [1.29, 1.82) is 0 Å². The standard InChI is InChI=1S/C8H15NO3/c1-2-3-4-11-8-5-7(6-10)12-9-8/h7,10H,2-6H2,1H3. The zero-order chi connectivity index (χ0) is 8.81. The summed E-state index contributed by atoms with van der Waals surface area (Å²) in [5, 5.41) is 12.4. The number of ether oxygens (including phenoxy) is 1. The van der Waals surface area contributed by atoms with E-state index in [0.717, 1.165) is 12.8 Å². The predicted molar refractivity (Wildman–Crippen MR) is 44.9 cm³/mol. The van der Waals surface area contributed by atoms with Gasteiger partial charge in [-0.05, 0) is 6.42 Å². The van der Waals surface area contributed by atoms with Crippen molar-refractivity contribution in [2.45, 2.75) is 32.3 Å². The first-order chi connectivity index (χ1) is 5.86. The number of rotatable bonds is 4. The molecular formula is C8H15NO3. The molecule has 0 aromatic heterocycles. The molecule has 0 aromatic carbocycles. The topological polar surface area (TPSA) is 51.0 Å². The summed E-state index contributed by atoms with van der Waals surface area (Å²) in [6.45, 7) is 2.80. The Kier molecular flexibility index (Phi) is 3.87. The Morgan fingerprint density at radius 1 is 1.75 bits per heavy atom. The molecule has 0 spiro atoms. The van der Waals surface area contributed by atoms with Crippen molar-refractivity contribution in [2.75, 3.05) is 13.2 Å². The first-order valence-corrected chi connectivity index (χ1v) is 4.33. The summed E-state index contributed by atoms with van der Waals surface area (Å²) < 4.78 is 5.29. The second-order valence-electron chi connectivity index (χ2n) is 2.80. The van der Waals surface area contributed by atoms with Crippen LogP contribution in [0.1, 0.15) is 26.2 Å². The summed E-state index contributed by atoms with van der Waals surface area (Å²) in [7, 11) is 0. The molecule has 1 aliphatic rings. The van der Waals surface area contributed by atoms with Crippen molar-refractivity contribution in [3.05, 3.63) is 0 Å². The monoisotopic (exact) mass is 173 g/mol. The maximum atomic E-state index is 8.70. The van der Waals surface area contributed by atoms with Gasteiger partial charge >= 0.3 is 0 Å². The lowest BCUT2D eigenvalue weighted by atomic mass is 10.3. The van der Waals surface area contributed by atoms with Crippen molar-refractivity contribution >= 4 is 5.90 Å². The van der Waals surface area contributed by atoms with Gasteiger partial charge in [-0.3, -0.25) is 0 Å². The van der Waals surface area contributed by atoms with E-state index in [0.29, 0.717) is 18.9 Å². The SMILES string of the molecule is CCCCOC1=NOC(CO)C1. The summed E-state index contributed by atoms with van der Waals surface area (Å²) >= 11 is 0. The molecule has 1 unspecified atom stereocenters. The van der Waals surface area contributed by atoms with Gasteiger partial charge in [0, 0.05) is 0 Å². The van der Waals surface area contributed by atoms with Gasteiger partial charge < -0.3 is 14.7 Å². The predicted octanol–water partition coefficient (Wildman–Crippen LogP) is 0.898. The molecule has 1 aliphatic heterocycles. The number of unbranched alkanes of at least 4 members (excludes halogenated alkanes) is 1. The Morgan fingerprint density at radius 3 is 3.17 bits per heavy atom. The van der Waals surface area contributed by atoms with E-state index in [-0.39, 0.29) is 12.7 Å². The lowest BCUT2D eigenvalue weighted by molar-refractivity contribution is 0.0389. The van der Waals surface area contributed by atoms with Crippen molar-refractivity contribution < 1.29 is 14.7 Å². The maximum Gasteiger partial charge on any atom is 0.229 e. The van der Waals surface area contributed by atoms with Crippen molar-refractivity contribution in [3.63, 3.8) is 0 Å². The molecule has 0 bridgehead atoms. The van der Waals surface area contributed by atoms with E-state index in [4.69, 9.17) is 14.7 Å². The molecule has 0 radical (unpaired) electrons. The van der Waals surface area contributed by atoms with Gasteiger partial charge in [-0.1, -0.05) is 18.5 Å². The number of hydrogen-bond acceptors (Lipinski definition) is 4. The van der Waals surface area contributed by atoms with Crippen LogP contribution in [0.15, 0.2) is 5.16 Å². The number of oxime groups is 1. The molecule has 0 aliphatic carbocycles. The largest absolute Gasteiger partial charge is 0.479 e. The van der Waals surface area contributed by atoms with Gasteiger partial charge in [0.15, 0.2) is 6.10 Å². The molecule has 12 heavy (non-hydrogen) atoms. The van der Waals surface area contributed by atoms with Crippen LogP contribution in [0.3, 0.4) is 0 Å². The van der Waals surface area contributed by atoms with Gasteiger partial charge in [0.1, 0.15) is 0 Å². The summed E-state index contributed by atoms with van der Waals surface area (Å²) in [6.07, 6.45) is 2.54. The molecule has 0 amide bonds. The smallest absolute Gasteiger partial charge is 0.229 e. The summed E-state index contributed by atoms with van der Waals surface area (Å²) in [6, 6.07) is 0. The maximum absolute atomic E-state index is 8.70. The number of aliphatic hydroxyl groups excluding tert-OH is 1. The molecule has 0 saturated carbocycles. The molecule has 4 nitrogen and oxygen atoms in total. The van der Waals surface area contributed by atoms with Crippen LogP contribution in [-0.4, -0.2) is 30.3 Å². The van der Waals surface area contributed by atoms with E-state index in [9.17, 15) is 0 Å². The number of hydrogen-bond donors (Lipinski definition) is 1. The van der Waals surface area contributed by atoms with Crippen LogP contribution < -0.4 is 0 Å². The third-order valence-electron chi connectivity index (χ3n) is 1.68. The molecule has 0 aromatic rings. The van der Waals surface area contributed by atoms with Crippen LogP contribution in [-0.2, 0) is 9.57 Å². The van der Waals surface area contributed by atoms with E-state index >= 15 is 0 Å². The number of aliphatic hydroxyl groups is 1. The Balaban J connectivity index is 2.10. The van der Waals surface area contributed by atoms with E-state index in [1.165, 1.54) is 0 Å². The van der Waals surface area contributed by atoms with Gasteiger partial charge in [-0.25, -0.2) is 0 Å². The Morgan fingerprint density at radius 2 is 2.58 bits per heavy atom. The molecule has 1 rings (SSSR count). The normalized spacial score (nSPS) is 21.8. The molecule has 0 saturated heterocycles. The third-order valence-corrected chi connectivity index (χ3v) is 1.68. The average Bonchev–Trinajstić information content (AvgIpc) is 2.53. The van der Waals surface area contributed by atoms with Crippen LogP contribution in [0.4, 0.5) is 0 Å². The molecule has 1 N–H and O–H groups in total. The van der Waals surface area contributed by atoms with Crippen LogP contribution in [0.5, 0.6) is 0 Å². The van der Waals surface area contributed by atoms with Crippen LogP contribution in [0.25, 0.3) is 0 Å². The van der Waals surface area contributed by atoms with Gasteiger partial charge in [-0.2, -0.15) is 0 Å². The van der Waals surface area contributed by atoms with Crippen LogP contribution in [0.2, 0.25) is 0 Å². The minimum atomic E-state index is -0.193. The molecule has 0 fully saturated rings. The molecule has 1 atom stereocenters. The average molecular weight is 173 g/mol. The minimum absolute atomic E-state index is 0.00410. The van der Waals surface area contributed by atoms with Gasteiger partial charge in [0.05, 0.1) is 19.6 Å². The number of nitrogens with zero attached hydrogens (tertiary/aromatic N) is 1. The first kappa shape index (κ1) is 9.32. The Hall–Kier alpha value is -0.770. The fraction of sp³-hybridized carbons (Fsp3) is 0.875. The molecule has 4 heteroatoms. The van der Waals surface area contributed by atoms with Gasteiger partial charge in [-0.15, -0.1) is 0 Å². The zero-order valence-electron chi connectivity index (χ0n) is 7.32. The van der Waals surface area contributed by atoms with Crippen LogP contribution in [0, 0.1) is 0 Å². The van der Waals surface area contributed by atoms with Crippen molar-refractivity contribution in [1.82, 2.24) is 0 Å². The fourth-order valence-corrected chi connectivity index (χ4v) is 0.920. The summed E-state index contributed by atoms with van der Waals surface area (Å²) in [5.74, 6) is 0.613. The quantitative estimate of drug-likeness (QED) is 0.642. The van der Waals surface area contributed by atoms with Gasteiger partial charge in [0.25, 0.3) is 0 Å². The minimum Gasteiger partial charge on any atom is -0.479 e. The second kappa shape index (κ2) is 4.98. The molecular weight excluding hydrogens is 158 g/mol. The van der Waals surface area contributed by atoms with E-state index in [1.54, 1.807) is 0 Å². The summed E-state index contributed by atoms with van der Waals surface area (Å²) in [5.41, 5.74) is 0. The van der Waals surface area contributed by atoms with E-state index in [1.807, 2.05) is 0 Å². The lowest BCUT2D eigenvalue weighted by Gasteiger charge is -2.02. The molecule has 1 heterocycles. The third kappa shape index (κ3) is 2.70. The first-order valence-electron chi connectivity index (χ1n) is 4.33. The lowest BCUT2D eigenvalue weighted by Crippen LogP contribution is -2.13.